The number of amides is 1. The molecule has 3 atom stereocenters. The Kier molecular flexibility index (Phi) is 5.91. The lowest BCUT2D eigenvalue weighted by Gasteiger charge is -2.23. The zero-order valence-corrected chi connectivity index (χ0v) is 14.3. The summed E-state index contributed by atoms with van der Waals surface area (Å²) in [4.78, 5) is 23.5. The van der Waals surface area contributed by atoms with E-state index in [9.17, 15) is 9.59 Å². The molecule has 1 saturated carbocycles. The van der Waals surface area contributed by atoms with E-state index in [0.717, 1.165) is 25.9 Å². The Hall–Kier alpha value is -2.08. The quantitative estimate of drug-likeness (QED) is 0.826. The average Bonchev–Trinajstić information content (AvgIpc) is 3.12. The summed E-state index contributed by atoms with van der Waals surface area (Å²) in [6.45, 7) is 1.25. The van der Waals surface area contributed by atoms with Crippen LogP contribution in [0.15, 0.2) is 24.3 Å². The number of aliphatic carboxylic acids is 1. The van der Waals surface area contributed by atoms with Crippen molar-refractivity contribution in [3.63, 3.8) is 0 Å². The number of carbonyl (C=O) groups is 2. The van der Waals surface area contributed by atoms with E-state index in [2.05, 4.69) is 5.32 Å². The van der Waals surface area contributed by atoms with E-state index in [1.54, 1.807) is 6.07 Å². The van der Waals surface area contributed by atoms with Crippen molar-refractivity contribution in [2.24, 2.45) is 11.8 Å². The Morgan fingerprint density at radius 3 is 2.68 bits per heavy atom. The summed E-state index contributed by atoms with van der Waals surface area (Å²) >= 11 is 0. The zero-order chi connectivity index (χ0) is 17.6. The van der Waals surface area contributed by atoms with Crippen LogP contribution >= 0.6 is 0 Å². The first-order valence-electron chi connectivity index (χ1n) is 9.00. The SMILES string of the molecule is O=C(O)[C@@H]1CC[C@H](C(=O)Nc2ccccc2OCC2CCCCO2)C1. The molecule has 0 bridgehead atoms. The summed E-state index contributed by atoms with van der Waals surface area (Å²) in [5, 5.41) is 12.0. The van der Waals surface area contributed by atoms with Crippen molar-refractivity contribution in [1.29, 1.82) is 0 Å². The highest BCUT2D eigenvalue weighted by atomic mass is 16.5. The number of rotatable bonds is 6. The maximum atomic E-state index is 12.5. The molecular formula is C19H25NO5. The molecule has 2 aliphatic rings. The van der Waals surface area contributed by atoms with Crippen LogP contribution in [0.4, 0.5) is 5.69 Å². The van der Waals surface area contributed by atoms with Gasteiger partial charge in [0.15, 0.2) is 0 Å². The van der Waals surface area contributed by atoms with E-state index in [1.165, 1.54) is 0 Å². The summed E-state index contributed by atoms with van der Waals surface area (Å²) in [5.74, 6) is -0.987. The minimum absolute atomic E-state index is 0.101. The fraction of sp³-hybridized carbons (Fsp3) is 0.579. The van der Waals surface area contributed by atoms with E-state index >= 15 is 0 Å². The van der Waals surface area contributed by atoms with Gasteiger partial charge in [0.1, 0.15) is 12.4 Å². The van der Waals surface area contributed by atoms with Crippen molar-refractivity contribution in [1.82, 2.24) is 0 Å². The molecule has 0 aromatic heterocycles. The second kappa shape index (κ2) is 8.34. The Morgan fingerprint density at radius 1 is 1.16 bits per heavy atom. The molecule has 25 heavy (non-hydrogen) atoms. The molecule has 1 heterocycles. The molecule has 0 spiro atoms. The highest BCUT2D eigenvalue weighted by Crippen LogP contribution is 2.33. The highest BCUT2D eigenvalue weighted by molar-refractivity contribution is 5.94. The number of carbonyl (C=O) groups excluding carboxylic acids is 1. The number of benzene rings is 1. The molecule has 1 amide bonds. The van der Waals surface area contributed by atoms with Gasteiger partial charge in [-0.3, -0.25) is 9.59 Å². The van der Waals surface area contributed by atoms with Crippen LogP contribution in [0.2, 0.25) is 0 Å². The molecule has 1 unspecified atom stereocenters. The first kappa shape index (κ1) is 17.7. The van der Waals surface area contributed by atoms with Gasteiger partial charge in [0.25, 0.3) is 0 Å². The van der Waals surface area contributed by atoms with Gasteiger partial charge in [-0.2, -0.15) is 0 Å². The van der Waals surface area contributed by atoms with Crippen LogP contribution in [0.5, 0.6) is 5.75 Å². The monoisotopic (exact) mass is 347 g/mol. The minimum atomic E-state index is -0.813. The number of anilines is 1. The smallest absolute Gasteiger partial charge is 0.306 e. The number of para-hydroxylation sites is 2. The van der Waals surface area contributed by atoms with Gasteiger partial charge in [-0.05, 0) is 50.7 Å². The molecule has 1 aliphatic heterocycles. The van der Waals surface area contributed by atoms with Crippen molar-refractivity contribution in [2.45, 2.75) is 44.6 Å². The first-order chi connectivity index (χ1) is 12.1. The van der Waals surface area contributed by atoms with Gasteiger partial charge in [0.05, 0.1) is 17.7 Å². The molecule has 1 aromatic carbocycles. The van der Waals surface area contributed by atoms with E-state index in [4.69, 9.17) is 14.6 Å². The third-order valence-corrected chi connectivity index (χ3v) is 5.00. The number of hydrogen-bond donors (Lipinski definition) is 2. The second-order valence-corrected chi connectivity index (χ2v) is 6.83. The van der Waals surface area contributed by atoms with Crippen LogP contribution in [0.3, 0.4) is 0 Å². The van der Waals surface area contributed by atoms with Gasteiger partial charge >= 0.3 is 5.97 Å². The topological polar surface area (TPSA) is 84.9 Å². The Bertz CT molecular complexity index is 612. The van der Waals surface area contributed by atoms with Gasteiger partial charge in [-0.25, -0.2) is 0 Å². The standard InChI is InChI=1S/C19H25NO5/c21-18(13-8-9-14(11-13)19(22)23)20-16-6-1-2-7-17(16)25-12-15-5-3-4-10-24-15/h1-2,6-7,13-15H,3-5,8-12H2,(H,20,21)(H,22,23)/t13-,14+,15?/m0/s1. The van der Waals surface area contributed by atoms with E-state index in [0.29, 0.717) is 37.3 Å². The number of ether oxygens (including phenoxy) is 2. The van der Waals surface area contributed by atoms with Crippen LogP contribution in [0, 0.1) is 11.8 Å². The van der Waals surface area contributed by atoms with Gasteiger partial charge in [-0.1, -0.05) is 12.1 Å². The predicted octanol–water partition coefficient (Wildman–Crippen LogP) is 3.07. The van der Waals surface area contributed by atoms with Crippen molar-refractivity contribution in [3.8, 4) is 5.75 Å². The summed E-state index contributed by atoms with van der Waals surface area (Å²) in [6, 6.07) is 7.34. The fourth-order valence-corrected chi connectivity index (χ4v) is 3.50. The Labute approximate surface area is 147 Å². The Balaban J connectivity index is 1.57. The third-order valence-electron chi connectivity index (χ3n) is 5.00. The summed E-state index contributed by atoms with van der Waals surface area (Å²) in [6.07, 6.45) is 4.92. The zero-order valence-electron chi connectivity index (χ0n) is 14.3. The van der Waals surface area contributed by atoms with Crippen molar-refractivity contribution in [3.05, 3.63) is 24.3 Å². The van der Waals surface area contributed by atoms with Crippen molar-refractivity contribution in [2.75, 3.05) is 18.5 Å². The number of carboxylic acid groups (broad SMARTS) is 1. The third kappa shape index (κ3) is 4.72. The minimum Gasteiger partial charge on any atom is -0.489 e. The number of carboxylic acids is 1. The summed E-state index contributed by atoms with van der Waals surface area (Å²) < 4.78 is 11.5. The number of hydrogen-bond acceptors (Lipinski definition) is 4. The van der Waals surface area contributed by atoms with E-state index in [1.807, 2.05) is 18.2 Å². The largest absolute Gasteiger partial charge is 0.489 e. The molecule has 2 N–H and O–H groups in total. The van der Waals surface area contributed by atoms with Gasteiger partial charge in [0, 0.05) is 12.5 Å². The van der Waals surface area contributed by atoms with E-state index in [-0.39, 0.29) is 17.9 Å². The lowest BCUT2D eigenvalue weighted by Crippen LogP contribution is -2.26. The van der Waals surface area contributed by atoms with Crippen LogP contribution < -0.4 is 10.1 Å². The first-order valence-corrected chi connectivity index (χ1v) is 9.00. The molecule has 0 radical (unpaired) electrons. The van der Waals surface area contributed by atoms with Gasteiger partial charge in [-0.15, -0.1) is 0 Å². The molecular weight excluding hydrogens is 322 g/mol. The average molecular weight is 347 g/mol. The molecule has 3 rings (SSSR count). The lowest BCUT2D eigenvalue weighted by atomic mass is 10.0. The van der Waals surface area contributed by atoms with Crippen LogP contribution in [-0.2, 0) is 14.3 Å². The van der Waals surface area contributed by atoms with Crippen molar-refractivity contribution < 1.29 is 24.2 Å². The summed E-state index contributed by atoms with van der Waals surface area (Å²) in [7, 11) is 0. The van der Waals surface area contributed by atoms with Crippen LogP contribution in [-0.4, -0.2) is 36.3 Å². The number of nitrogens with one attached hydrogen (secondary N) is 1. The van der Waals surface area contributed by atoms with Crippen LogP contribution in [0.1, 0.15) is 38.5 Å². The van der Waals surface area contributed by atoms with Crippen molar-refractivity contribution >= 4 is 17.6 Å². The molecule has 1 aromatic rings. The maximum Gasteiger partial charge on any atom is 0.306 e. The molecule has 136 valence electrons. The van der Waals surface area contributed by atoms with Gasteiger partial charge < -0.3 is 19.9 Å². The fourth-order valence-electron chi connectivity index (χ4n) is 3.50. The predicted molar refractivity (Wildman–Crippen MR) is 92.6 cm³/mol. The molecule has 1 saturated heterocycles. The van der Waals surface area contributed by atoms with E-state index < -0.39 is 11.9 Å². The normalized spacial score (nSPS) is 26.2. The van der Waals surface area contributed by atoms with Gasteiger partial charge in [0.2, 0.25) is 5.91 Å². The molecule has 2 fully saturated rings. The Morgan fingerprint density at radius 2 is 1.96 bits per heavy atom. The van der Waals surface area contributed by atoms with Crippen LogP contribution in [0.25, 0.3) is 0 Å². The second-order valence-electron chi connectivity index (χ2n) is 6.83. The lowest BCUT2D eigenvalue weighted by molar-refractivity contribution is -0.141. The molecule has 1 aliphatic carbocycles. The summed E-state index contributed by atoms with van der Waals surface area (Å²) in [5.41, 5.74) is 0.627. The molecule has 6 heteroatoms. The maximum absolute atomic E-state index is 12.5. The molecule has 6 nitrogen and oxygen atoms in total. The highest BCUT2D eigenvalue weighted by Gasteiger charge is 2.34.